The van der Waals surface area contributed by atoms with Crippen LogP contribution < -0.4 is 5.73 Å². The highest BCUT2D eigenvalue weighted by molar-refractivity contribution is 4.86. The third kappa shape index (κ3) is 3.69. The van der Waals surface area contributed by atoms with E-state index in [0.717, 1.165) is 25.7 Å². The summed E-state index contributed by atoms with van der Waals surface area (Å²) in [5.74, 6) is 0.716. The van der Waals surface area contributed by atoms with Crippen LogP contribution in [-0.4, -0.2) is 43.3 Å². The van der Waals surface area contributed by atoms with Gasteiger partial charge in [-0.05, 0) is 51.6 Å². The Labute approximate surface area is 112 Å². The maximum Gasteiger partial charge on any atom is 0.0702 e. The summed E-state index contributed by atoms with van der Waals surface area (Å²) < 4.78 is 5.83. The first-order valence-corrected chi connectivity index (χ1v) is 7.90. The molecular formula is C15H30N2O. The van der Waals surface area contributed by atoms with E-state index in [-0.39, 0.29) is 0 Å². The first kappa shape index (κ1) is 14.3. The zero-order chi connectivity index (χ0) is 12.8. The summed E-state index contributed by atoms with van der Waals surface area (Å²) in [6, 6.07) is 0.723. The van der Waals surface area contributed by atoms with Crippen LogP contribution in [0.2, 0.25) is 0 Å². The van der Waals surface area contributed by atoms with Crippen molar-refractivity contribution in [1.82, 2.24) is 4.90 Å². The van der Waals surface area contributed by atoms with Crippen LogP contribution in [0.25, 0.3) is 0 Å². The first-order chi connectivity index (χ1) is 8.85. The molecule has 1 heterocycles. The fourth-order valence-corrected chi connectivity index (χ4v) is 3.76. The Morgan fingerprint density at radius 1 is 1.11 bits per heavy atom. The van der Waals surface area contributed by atoms with E-state index in [1.807, 2.05) is 0 Å². The maximum atomic E-state index is 6.01. The van der Waals surface area contributed by atoms with E-state index in [2.05, 4.69) is 11.8 Å². The second-order valence-electron chi connectivity index (χ2n) is 5.92. The number of ether oxygens (including phenoxy) is 1. The van der Waals surface area contributed by atoms with Gasteiger partial charge in [-0.1, -0.05) is 19.3 Å². The summed E-state index contributed by atoms with van der Waals surface area (Å²) in [6.07, 6.45) is 9.83. The van der Waals surface area contributed by atoms with Crippen molar-refractivity contribution in [2.45, 2.75) is 64.0 Å². The number of nitrogens with two attached hydrogens (primary N) is 1. The van der Waals surface area contributed by atoms with Gasteiger partial charge in [0.2, 0.25) is 0 Å². The van der Waals surface area contributed by atoms with E-state index < -0.39 is 0 Å². The molecule has 1 aliphatic carbocycles. The van der Waals surface area contributed by atoms with Gasteiger partial charge in [0.1, 0.15) is 0 Å². The lowest BCUT2D eigenvalue weighted by Crippen LogP contribution is -2.49. The third-order valence-electron chi connectivity index (χ3n) is 4.70. The molecule has 2 aliphatic rings. The number of hydrogen-bond donors (Lipinski definition) is 1. The molecule has 1 aliphatic heterocycles. The molecule has 3 unspecified atom stereocenters. The molecule has 3 heteroatoms. The lowest BCUT2D eigenvalue weighted by atomic mass is 9.91. The molecular weight excluding hydrogens is 224 g/mol. The van der Waals surface area contributed by atoms with Crippen LogP contribution in [-0.2, 0) is 4.74 Å². The topological polar surface area (TPSA) is 38.5 Å². The third-order valence-corrected chi connectivity index (χ3v) is 4.70. The molecule has 1 saturated heterocycles. The number of rotatable bonds is 4. The molecule has 0 bridgehead atoms. The van der Waals surface area contributed by atoms with Gasteiger partial charge in [-0.25, -0.2) is 0 Å². The zero-order valence-corrected chi connectivity index (χ0v) is 11.9. The summed E-state index contributed by atoms with van der Waals surface area (Å²) in [5, 5.41) is 0. The standard InChI is InChI=1S/C15H30N2O/c1-2-18-14-8-6-10-17(12-14)15-9-5-3-4-7-13(15)11-16/h13-15H,2-12,16H2,1H3. The van der Waals surface area contributed by atoms with Crippen LogP contribution in [0, 0.1) is 5.92 Å². The largest absolute Gasteiger partial charge is 0.377 e. The summed E-state index contributed by atoms with van der Waals surface area (Å²) in [5.41, 5.74) is 6.01. The van der Waals surface area contributed by atoms with Crippen molar-refractivity contribution >= 4 is 0 Å². The highest BCUT2D eigenvalue weighted by Gasteiger charge is 2.31. The second-order valence-corrected chi connectivity index (χ2v) is 5.92. The molecule has 0 spiro atoms. The maximum absolute atomic E-state index is 6.01. The van der Waals surface area contributed by atoms with Gasteiger partial charge in [0.25, 0.3) is 0 Å². The monoisotopic (exact) mass is 254 g/mol. The molecule has 18 heavy (non-hydrogen) atoms. The summed E-state index contributed by atoms with van der Waals surface area (Å²) in [6.45, 7) is 6.21. The van der Waals surface area contributed by atoms with Crippen molar-refractivity contribution in [2.75, 3.05) is 26.2 Å². The van der Waals surface area contributed by atoms with Gasteiger partial charge < -0.3 is 10.5 Å². The molecule has 0 aromatic heterocycles. The quantitative estimate of drug-likeness (QED) is 0.783. The minimum atomic E-state index is 0.463. The minimum absolute atomic E-state index is 0.463. The van der Waals surface area contributed by atoms with E-state index in [0.29, 0.717) is 12.0 Å². The first-order valence-electron chi connectivity index (χ1n) is 7.90. The van der Waals surface area contributed by atoms with Gasteiger partial charge in [-0.2, -0.15) is 0 Å². The predicted octanol–water partition coefficient (Wildman–Crippen LogP) is 2.39. The van der Waals surface area contributed by atoms with Gasteiger partial charge in [0, 0.05) is 19.2 Å². The van der Waals surface area contributed by atoms with Crippen molar-refractivity contribution in [3.63, 3.8) is 0 Å². The van der Waals surface area contributed by atoms with E-state index in [1.54, 1.807) is 0 Å². The number of hydrogen-bond acceptors (Lipinski definition) is 3. The highest BCUT2D eigenvalue weighted by Crippen LogP contribution is 2.29. The summed E-state index contributed by atoms with van der Waals surface area (Å²) >= 11 is 0. The summed E-state index contributed by atoms with van der Waals surface area (Å²) in [7, 11) is 0. The summed E-state index contributed by atoms with van der Waals surface area (Å²) in [4.78, 5) is 2.69. The lowest BCUT2D eigenvalue weighted by Gasteiger charge is -2.41. The van der Waals surface area contributed by atoms with Crippen LogP contribution in [0.15, 0.2) is 0 Å². The Bertz CT molecular complexity index is 233. The Kier molecular flexibility index (Phi) is 5.93. The van der Waals surface area contributed by atoms with Crippen molar-refractivity contribution in [3.8, 4) is 0 Å². The molecule has 0 amide bonds. The van der Waals surface area contributed by atoms with E-state index in [4.69, 9.17) is 10.5 Å². The smallest absolute Gasteiger partial charge is 0.0702 e. The van der Waals surface area contributed by atoms with Crippen molar-refractivity contribution in [2.24, 2.45) is 11.7 Å². The molecule has 1 saturated carbocycles. The molecule has 0 aromatic rings. The van der Waals surface area contributed by atoms with Crippen LogP contribution in [0.4, 0.5) is 0 Å². The minimum Gasteiger partial charge on any atom is -0.377 e. The van der Waals surface area contributed by atoms with Gasteiger partial charge in [0.05, 0.1) is 6.10 Å². The fraction of sp³-hybridized carbons (Fsp3) is 1.00. The van der Waals surface area contributed by atoms with Gasteiger partial charge in [-0.15, -0.1) is 0 Å². The van der Waals surface area contributed by atoms with Crippen LogP contribution >= 0.6 is 0 Å². The zero-order valence-electron chi connectivity index (χ0n) is 11.9. The Morgan fingerprint density at radius 3 is 2.72 bits per heavy atom. The second kappa shape index (κ2) is 7.46. The van der Waals surface area contributed by atoms with Gasteiger partial charge >= 0.3 is 0 Å². The van der Waals surface area contributed by atoms with Crippen LogP contribution in [0.1, 0.15) is 51.9 Å². The molecule has 3 nitrogen and oxygen atoms in total. The van der Waals surface area contributed by atoms with Gasteiger partial charge in [0.15, 0.2) is 0 Å². The van der Waals surface area contributed by atoms with Crippen LogP contribution in [0.3, 0.4) is 0 Å². The highest BCUT2D eigenvalue weighted by atomic mass is 16.5. The Morgan fingerprint density at radius 2 is 1.94 bits per heavy atom. The van der Waals surface area contributed by atoms with Crippen molar-refractivity contribution < 1.29 is 4.74 Å². The molecule has 2 N–H and O–H groups in total. The number of piperidine rings is 1. The van der Waals surface area contributed by atoms with E-state index in [9.17, 15) is 0 Å². The lowest BCUT2D eigenvalue weighted by molar-refractivity contribution is -0.0169. The number of nitrogens with zero attached hydrogens (tertiary/aromatic N) is 1. The van der Waals surface area contributed by atoms with Gasteiger partial charge in [-0.3, -0.25) is 4.90 Å². The molecule has 3 atom stereocenters. The Hall–Kier alpha value is -0.120. The SMILES string of the molecule is CCOC1CCCN(C2CCCCCC2CN)C1. The normalized spacial score (nSPS) is 35.3. The van der Waals surface area contributed by atoms with Crippen molar-refractivity contribution in [1.29, 1.82) is 0 Å². The molecule has 2 fully saturated rings. The molecule has 0 radical (unpaired) electrons. The number of likely N-dealkylation sites (tertiary alicyclic amines) is 1. The molecule has 2 rings (SSSR count). The molecule has 0 aromatic carbocycles. The average molecular weight is 254 g/mol. The van der Waals surface area contributed by atoms with E-state index in [1.165, 1.54) is 51.5 Å². The predicted molar refractivity (Wildman–Crippen MR) is 75.6 cm³/mol. The average Bonchev–Trinajstić information content (AvgIpc) is 2.64. The molecule has 106 valence electrons. The van der Waals surface area contributed by atoms with Crippen LogP contribution in [0.5, 0.6) is 0 Å². The fourth-order valence-electron chi connectivity index (χ4n) is 3.76. The Balaban J connectivity index is 1.94. The van der Waals surface area contributed by atoms with E-state index >= 15 is 0 Å². The van der Waals surface area contributed by atoms with Crippen molar-refractivity contribution in [3.05, 3.63) is 0 Å².